The average molecular weight is 325 g/mol. The molecule has 0 aliphatic rings. The Morgan fingerprint density at radius 2 is 2.05 bits per heavy atom. The van der Waals surface area contributed by atoms with Crippen LogP contribution in [-0.2, 0) is 19.6 Å². The number of nitrogens with one attached hydrogen (secondary N) is 1. The number of sulfonamides is 1. The minimum absolute atomic E-state index is 0.436. The number of halogens is 2. The number of primary amides is 1. The lowest BCUT2D eigenvalue weighted by Crippen LogP contribution is -2.43. The van der Waals surface area contributed by atoms with Crippen LogP contribution in [0.2, 0.25) is 5.02 Å². The lowest BCUT2D eigenvalue weighted by Gasteiger charge is -2.13. The molecule has 1 aromatic carbocycles. The Bertz CT molecular complexity index is 649. The van der Waals surface area contributed by atoms with E-state index >= 15 is 0 Å². The maximum Gasteiger partial charge on any atom is 0.322 e. The van der Waals surface area contributed by atoms with E-state index in [9.17, 15) is 22.4 Å². The van der Waals surface area contributed by atoms with Gasteiger partial charge in [0.25, 0.3) is 0 Å². The molecular weight excluding hydrogens is 315 g/mol. The number of carbonyl (C=O) groups is 2. The van der Waals surface area contributed by atoms with Gasteiger partial charge >= 0.3 is 5.97 Å². The van der Waals surface area contributed by atoms with Crippen LogP contribution in [0.25, 0.3) is 0 Å². The van der Waals surface area contributed by atoms with Crippen LogP contribution < -0.4 is 10.5 Å². The van der Waals surface area contributed by atoms with Gasteiger partial charge in [-0.2, -0.15) is 4.72 Å². The second-order valence-electron chi connectivity index (χ2n) is 3.73. The topological polar surface area (TPSA) is 127 Å². The number of hydrogen-bond donors (Lipinski definition) is 3. The Kier molecular flexibility index (Phi) is 5.03. The molecule has 0 bridgehead atoms. The minimum Gasteiger partial charge on any atom is -0.480 e. The lowest BCUT2D eigenvalue weighted by atomic mass is 10.2. The molecule has 0 fully saturated rings. The molecule has 0 unspecified atom stereocenters. The zero-order chi connectivity index (χ0) is 15.5. The van der Waals surface area contributed by atoms with Crippen LogP contribution in [0.5, 0.6) is 0 Å². The summed E-state index contributed by atoms with van der Waals surface area (Å²) in [6.07, 6.45) is -0.767. The summed E-state index contributed by atoms with van der Waals surface area (Å²) < 4.78 is 39.1. The van der Waals surface area contributed by atoms with Crippen LogP contribution in [0.4, 0.5) is 4.39 Å². The fraction of sp³-hybridized carbons (Fsp3) is 0.200. The summed E-state index contributed by atoms with van der Waals surface area (Å²) in [6, 6.07) is 1.43. The van der Waals surface area contributed by atoms with E-state index in [1.807, 2.05) is 0 Å². The lowest BCUT2D eigenvalue weighted by molar-refractivity contribution is -0.140. The minimum atomic E-state index is -4.50. The van der Waals surface area contributed by atoms with E-state index in [4.69, 9.17) is 22.4 Å². The van der Waals surface area contributed by atoms with Crippen molar-refractivity contribution in [2.75, 3.05) is 0 Å². The van der Waals surface area contributed by atoms with Crippen molar-refractivity contribution in [3.63, 3.8) is 0 Å². The quantitative estimate of drug-likeness (QED) is 0.683. The van der Waals surface area contributed by atoms with Crippen molar-refractivity contribution in [2.24, 2.45) is 5.73 Å². The molecule has 0 saturated carbocycles. The predicted molar refractivity (Wildman–Crippen MR) is 67.0 cm³/mol. The highest BCUT2D eigenvalue weighted by Gasteiger charge is 2.29. The zero-order valence-electron chi connectivity index (χ0n) is 9.84. The molecule has 7 nitrogen and oxygen atoms in total. The Balaban J connectivity index is 3.13. The van der Waals surface area contributed by atoms with Crippen molar-refractivity contribution < 1.29 is 27.5 Å². The summed E-state index contributed by atoms with van der Waals surface area (Å²) in [4.78, 5) is 20.7. The van der Waals surface area contributed by atoms with Crippen molar-refractivity contribution in [2.45, 2.75) is 17.4 Å². The number of nitrogens with two attached hydrogens (primary N) is 1. The fourth-order valence-corrected chi connectivity index (χ4v) is 2.84. The van der Waals surface area contributed by atoms with Gasteiger partial charge in [0.05, 0.1) is 11.4 Å². The second kappa shape index (κ2) is 6.16. The smallest absolute Gasteiger partial charge is 0.322 e. The molecule has 1 atom stereocenters. The van der Waals surface area contributed by atoms with Gasteiger partial charge in [-0.1, -0.05) is 17.7 Å². The van der Waals surface area contributed by atoms with E-state index in [2.05, 4.69) is 0 Å². The molecule has 0 radical (unpaired) electrons. The Hall–Kier alpha value is -1.71. The SMILES string of the molecule is NC(=O)C[C@H](NS(=O)(=O)c1cccc(Cl)c1F)C(=O)O. The predicted octanol–water partition coefficient (Wildman–Crippen LogP) is 0.0860. The van der Waals surface area contributed by atoms with Crippen LogP contribution in [0.1, 0.15) is 6.42 Å². The average Bonchev–Trinajstić information content (AvgIpc) is 2.30. The molecule has 1 aromatic rings. The monoisotopic (exact) mass is 324 g/mol. The summed E-state index contributed by atoms with van der Waals surface area (Å²) in [5.41, 5.74) is 4.81. The molecule has 0 aliphatic heterocycles. The Morgan fingerprint density at radius 3 is 2.55 bits per heavy atom. The summed E-state index contributed by atoms with van der Waals surface area (Å²) in [6.45, 7) is 0. The zero-order valence-corrected chi connectivity index (χ0v) is 11.4. The van der Waals surface area contributed by atoms with Crippen LogP contribution in [-0.4, -0.2) is 31.4 Å². The van der Waals surface area contributed by atoms with Crippen LogP contribution in [0, 0.1) is 5.82 Å². The molecule has 4 N–H and O–H groups in total. The first-order chi connectivity index (χ1) is 9.15. The van der Waals surface area contributed by atoms with Gasteiger partial charge in [0.1, 0.15) is 10.9 Å². The van der Waals surface area contributed by atoms with Crippen molar-refractivity contribution in [3.8, 4) is 0 Å². The van der Waals surface area contributed by atoms with Crippen molar-refractivity contribution in [1.29, 1.82) is 0 Å². The maximum absolute atomic E-state index is 13.6. The number of rotatable bonds is 6. The normalized spacial score (nSPS) is 12.9. The van der Waals surface area contributed by atoms with Gasteiger partial charge in [-0.25, -0.2) is 12.8 Å². The number of carbonyl (C=O) groups excluding carboxylic acids is 1. The van der Waals surface area contributed by atoms with Crippen LogP contribution in [0.3, 0.4) is 0 Å². The summed E-state index contributed by atoms with van der Waals surface area (Å²) >= 11 is 5.45. The van der Waals surface area contributed by atoms with E-state index < -0.39 is 50.1 Å². The number of benzene rings is 1. The Morgan fingerprint density at radius 1 is 1.45 bits per heavy atom. The van der Waals surface area contributed by atoms with Crippen molar-refractivity contribution in [1.82, 2.24) is 4.72 Å². The summed E-state index contributed by atoms with van der Waals surface area (Å²) in [7, 11) is -4.50. The fourth-order valence-electron chi connectivity index (χ4n) is 1.32. The first-order valence-corrected chi connectivity index (χ1v) is 6.98. The highest BCUT2D eigenvalue weighted by molar-refractivity contribution is 7.89. The van der Waals surface area contributed by atoms with E-state index in [1.54, 1.807) is 4.72 Å². The van der Waals surface area contributed by atoms with Gasteiger partial charge in [0.15, 0.2) is 5.82 Å². The van der Waals surface area contributed by atoms with Gasteiger partial charge in [-0.15, -0.1) is 0 Å². The molecule has 0 aromatic heterocycles. The van der Waals surface area contributed by atoms with E-state index in [-0.39, 0.29) is 0 Å². The standard InChI is InChI=1S/C10H10ClFN2O5S/c11-5-2-1-3-7(9(5)12)20(18,19)14-6(10(16)17)4-8(13)15/h1-3,6,14H,4H2,(H2,13,15)(H,16,17)/t6-/m0/s1. The third-order valence-corrected chi connectivity index (χ3v) is 3.99. The molecular formula is C10H10ClFN2O5S. The number of carboxylic acids is 1. The molecule has 0 spiro atoms. The van der Waals surface area contributed by atoms with Gasteiger partial charge in [0.2, 0.25) is 15.9 Å². The number of hydrogen-bond acceptors (Lipinski definition) is 4. The van der Waals surface area contributed by atoms with E-state index in [0.717, 1.165) is 12.1 Å². The largest absolute Gasteiger partial charge is 0.480 e. The summed E-state index contributed by atoms with van der Waals surface area (Å²) in [5.74, 6) is -3.86. The second-order valence-corrected chi connectivity index (χ2v) is 5.82. The first-order valence-electron chi connectivity index (χ1n) is 5.12. The highest BCUT2D eigenvalue weighted by Crippen LogP contribution is 2.22. The maximum atomic E-state index is 13.6. The molecule has 0 saturated heterocycles. The van der Waals surface area contributed by atoms with E-state index in [1.165, 1.54) is 6.07 Å². The molecule has 110 valence electrons. The van der Waals surface area contributed by atoms with Crippen molar-refractivity contribution >= 4 is 33.5 Å². The van der Waals surface area contributed by atoms with E-state index in [0.29, 0.717) is 0 Å². The molecule has 0 heterocycles. The molecule has 1 rings (SSSR count). The van der Waals surface area contributed by atoms with Gasteiger partial charge in [-0.05, 0) is 12.1 Å². The number of carboxylic acid groups (broad SMARTS) is 1. The highest BCUT2D eigenvalue weighted by atomic mass is 35.5. The molecule has 0 aliphatic carbocycles. The molecule has 10 heteroatoms. The molecule has 20 heavy (non-hydrogen) atoms. The van der Waals surface area contributed by atoms with Gasteiger partial charge in [-0.3, -0.25) is 9.59 Å². The summed E-state index contributed by atoms with van der Waals surface area (Å²) in [5, 5.41) is 8.37. The third kappa shape index (κ3) is 3.89. The third-order valence-electron chi connectivity index (χ3n) is 2.21. The Labute approximate surface area is 118 Å². The van der Waals surface area contributed by atoms with Gasteiger partial charge in [0, 0.05) is 0 Å². The van der Waals surface area contributed by atoms with Gasteiger partial charge < -0.3 is 10.8 Å². The number of amides is 1. The van der Waals surface area contributed by atoms with Crippen molar-refractivity contribution in [3.05, 3.63) is 29.0 Å². The first kappa shape index (κ1) is 16.3. The molecule has 1 amide bonds. The number of aliphatic carboxylic acids is 1. The van der Waals surface area contributed by atoms with Crippen LogP contribution in [0.15, 0.2) is 23.1 Å². The van der Waals surface area contributed by atoms with Crippen LogP contribution >= 0.6 is 11.6 Å².